The van der Waals surface area contributed by atoms with Crippen LogP contribution >= 0.6 is 27.3 Å². The topological polar surface area (TPSA) is 72.2 Å². The first-order valence-corrected chi connectivity index (χ1v) is 8.65. The molecule has 0 spiro atoms. The molecule has 1 aromatic carbocycles. The van der Waals surface area contributed by atoms with Crippen LogP contribution in [0.3, 0.4) is 0 Å². The quantitative estimate of drug-likeness (QED) is 0.879. The second kappa shape index (κ2) is 5.62. The van der Waals surface area contributed by atoms with Crippen molar-refractivity contribution < 1.29 is 8.42 Å². The number of hydrogen-bond acceptors (Lipinski definition) is 4. The molecule has 0 atom stereocenters. The molecular weight excluding hydrogens is 348 g/mol. The normalized spacial score (nSPS) is 11.5. The summed E-state index contributed by atoms with van der Waals surface area (Å²) in [5.74, 6) is 0. The summed E-state index contributed by atoms with van der Waals surface area (Å²) in [6.45, 7) is 1.99. The van der Waals surface area contributed by atoms with E-state index in [4.69, 9.17) is 5.73 Å². The van der Waals surface area contributed by atoms with E-state index in [1.807, 2.05) is 0 Å². The summed E-state index contributed by atoms with van der Waals surface area (Å²) >= 11 is 4.67. The third kappa shape index (κ3) is 3.17. The minimum absolute atomic E-state index is 0.217. The molecule has 4 nitrogen and oxygen atoms in total. The van der Waals surface area contributed by atoms with Crippen molar-refractivity contribution in [1.82, 2.24) is 0 Å². The van der Waals surface area contributed by atoms with Crippen molar-refractivity contribution >= 4 is 43.0 Å². The molecule has 2 rings (SSSR count). The van der Waals surface area contributed by atoms with Gasteiger partial charge in [-0.2, -0.15) is 0 Å². The summed E-state index contributed by atoms with van der Waals surface area (Å²) in [7, 11) is -3.59. The number of nitrogens with two attached hydrogens (primary N) is 1. The van der Waals surface area contributed by atoms with Crippen LogP contribution in [0.25, 0.3) is 0 Å². The van der Waals surface area contributed by atoms with Crippen molar-refractivity contribution in [2.75, 3.05) is 4.72 Å². The van der Waals surface area contributed by atoms with Gasteiger partial charge in [0.05, 0.1) is 0 Å². The van der Waals surface area contributed by atoms with E-state index in [2.05, 4.69) is 20.7 Å². The second-order valence-corrected chi connectivity index (χ2v) is 7.49. The highest BCUT2D eigenvalue weighted by Crippen LogP contribution is 2.28. The molecule has 0 saturated heterocycles. The zero-order chi connectivity index (χ0) is 14.0. The molecule has 1 aromatic heterocycles. The number of rotatable bonds is 4. The molecule has 19 heavy (non-hydrogen) atoms. The number of benzene rings is 1. The van der Waals surface area contributed by atoms with Gasteiger partial charge in [0.1, 0.15) is 4.90 Å². The Morgan fingerprint density at radius 3 is 2.53 bits per heavy atom. The first kappa shape index (κ1) is 14.5. The maximum atomic E-state index is 12.4. The Hall–Kier alpha value is -0.890. The number of nitrogens with one attached hydrogen (secondary N) is 1. The van der Waals surface area contributed by atoms with Gasteiger partial charge in [0.2, 0.25) is 0 Å². The molecule has 0 aliphatic rings. The van der Waals surface area contributed by atoms with Crippen molar-refractivity contribution in [3.05, 3.63) is 44.6 Å². The SMILES string of the molecule is Cc1csc(CN)c1S(=O)(=O)Nc1ccc(Br)cc1. The van der Waals surface area contributed by atoms with E-state index in [9.17, 15) is 8.42 Å². The number of aryl methyl sites for hydroxylation is 1. The third-order valence-corrected chi connectivity index (χ3v) is 5.93. The standard InChI is InChI=1S/C12H13BrN2O2S2/c1-8-7-18-11(6-14)12(8)19(16,17)15-10-4-2-9(13)3-5-10/h2-5,7,15H,6,14H2,1H3. The number of thiophene rings is 1. The third-order valence-electron chi connectivity index (χ3n) is 2.54. The molecule has 0 amide bonds. The van der Waals surface area contributed by atoms with Crippen molar-refractivity contribution in [1.29, 1.82) is 0 Å². The van der Waals surface area contributed by atoms with Gasteiger partial charge in [-0.05, 0) is 42.1 Å². The Labute approximate surface area is 124 Å². The smallest absolute Gasteiger partial charge is 0.263 e. The molecule has 0 saturated carbocycles. The Kier molecular flexibility index (Phi) is 4.29. The molecule has 3 N–H and O–H groups in total. The van der Waals surface area contributed by atoms with Crippen LogP contribution in [0.2, 0.25) is 0 Å². The van der Waals surface area contributed by atoms with Crippen LogP contribution in [0.5, 0.6) is 0 Å². The monoisotopic (exact) mass is 360 g/mol. The van der Waals surface area contributed by atoms with Gasteiger partial charge in [0.25, 0.3) is 10.0 Å². The lowest BCUT2D eigenvalue weighted by Gasteiger charge is -2.09. The Balaban J connectivity index is 2.37. The summed E-state index contributed by atoms with van der Waals surface area (Å²) in [6, 6.07) is 6.96. The van der Waals surface area contributed by atoms with E-state index in [1.54, 1.807) is 36.6 Å². The Morgan fingerprint density at radius 1 is 1.32 bits per heavy atom. The van der Waals surface area contributed by atoms with Gasteiger partial charge in [-0.1, -0.05) is 15.9 Å². The maximum absolute atomic E-state index is 12.4. The molecule has 0 unspecified atom stereocenters. The predicted octanol–water partition coefficient (Wildman–Crippen LogP) is 3.08. The zero-order valence-electron chi connectivity index (χ0n) is 10.2. The highest BCUT2D eigenvalue weighted by Gasteiger charge is 2.22. The van der Waals surface area contributed by atoms with Crippen LogP contribution in [-0.4, -0.2) is 8.42 Å². The van der Waals surface area contributed by atoms with E-state index in [0.29, 0.717) is 15.5 Å². The lowest BCUT2D eigenvalue weighted by Crippen LogP contribution is -2.15. The van der Waals surface area contributed by atoms with E-state index in [0.717, 1.165) is 10.0 Å². The van der Waals surface area contributed by atoms with Gasteiger partial charge in [0.15, 0.2) is 0 Å². The number of anilines is 1. The van der Waals surface area contributed by atoms with E-state index in [-0.39, 0.29) is 6.54 Å². The summed E-state index contributed by atoms with van der Waals surface area (Å²) < 4.78 is 28.2. The fourth-order valence-corrected chi connectivity index (χ4v) is 4.74. The molecule has 0 fully saturated rings. The van der Waals surface area contributed by atoms with Crippen molar-refractivity contribution in [2.24, 2.45) is 5.73 Å². The van der Waals surface area contributed by atoms with Crippen molar-refractivity contribution in [3.63, 3.8) is 0 Å². The lowest BCUT2D eigenvalue weighted by atomic mass is 10.3. The first-order chi connectivity index (χ1) is 8.94. The summed E-state index contributed by atoms with van der Waals surface area (Å²) in [4.78, 5) is 0.963. The van der Waals surface area contributed by atoms with E-state index in [1.165, 1.54) is 11.3 Å². The average molecular weight is 361 g/mol. The van der Waals surface area contributed by atoms with Crippen LogP contribution < -0.4 is 10.5 Å². The largest absolute Gasteiger partial charge is 0.326 e. The molecular formula is C12H13BrN2O2S2. The fraction of sp³-hybridized carbons (Fsp3) is 0.167. The Morgan fingerprint density at radius 2 is 1.95 bits per heavy atom. The first-order valence-electron chi connectivity index (χ1n) is 5.49. The van der Waals surface area contributed by atoms with Gasteiger partial charge in [-0.15, -0.1) is 11.3 Å². The molecule has 0 bridgehead atoms. The Bertz CT molecular complexity index is 678. The van der Waals surface area contributed by atoms with Gasteiger partial charge in [-0.25, -0.2) is 8.42 Å². The minimum atomic E-state index is -3.59. The van der Waals surface area contributed by atoms with Crippen LogP contribution in [0, 0.1) is 6.92 Å². The van der Waals surface area contributed by atoms with Gasteiger partial charge >= 0.3 is 0 Å². The van der Waals surface area contributed by atoms with Crippen LogP contribution in [0.15, 0.2) is 39.0 Å². The highest BCUT2D eigenvalue weighted by atomic mass is 79.9. The zero-order valence-corrected chi connectivity index (χ0v) is 13.4. The van der Waals surface area contributed by atoms with E-state index >= 15 is 0 Å². The molecule has 0 radical (unpaired) electrons. The fourth-order valence-electron chi connectivity index (χ4n) is 1.71. The predicted molar refractivity (Wildman–Crippen MR) is 81.9 cm³/mol. The summed E-state index contributed by atoms with van der Waals surface area (Å²) in [5, 5.41) is 1.80. The molecule has 1 heterocycles. The molecule has 102 valence electrons. The lowest BCUT2D eigenvalue weighted by molar-refractivity contribution is 0.600. The van der Waals surface area contributed by atoms with Crippen LogP contribution in [-0.2, 0) is 16.6 Å². The van der Waals surface area contributed by atoms with Crippen LogP contribution in [0.4, 0.5) is 5.69 Å². The van der Waals surface area contributed by atoms with Crippen molar-refractivity contribution in [3.8, 4) is 0 Å². The maximum Gasteiger partial charge on any atom is 0.263 e. The van der Waals surface area contributed by atoms with Gasteiger partial charge in [0, 0.05) is 21.6 Å². The second-order valence-electron chi connectivity index (χ2n) is 3.99. The minimum Gasteiger partial charge on any atom is -0.326 e. The number of sulfonamides is 1. The molecule has 0 aliphatic heterocycles. The van der Waals surface area contributed by atoms with Gasteiger partial charge < -0.3 is 5.73 Å². The number of hydrogen-bond donors (Lipinski definition) is 2. The molecule has 2 aromatic rings. The molecule has 0 aliphatic carbocycles. The summed E-state index contributed by atoms with van der Waals surface area (Å²) in [6.07, 6.45) is 0. The average Bonchev–Trinajstić information content (AvgIpc) is 2.74. The number of halogens is 1. The van der Waals surface area contributed by atoms with Crippen LogP contribution in [0.1, 0.15) is 10.4 Å². The summed E-state index contributed by atoms with van der Waals surface area (Å²) in [5.41, 5.74) is 6.83. The highest BCUT2D eigenvalue weighted by molar-refractivity contribution is 9.10. The molecule has 7 heteroatoms. The van der Waals surface area contributed by atoms with Crippen molar-refractivity contribution in [2.45, 2.75) is 18.4 Å². The van der Waals surface area contributed by atoms with Gasteiger partial charge in [-0.3, -0.25) is 4.72 Å². The van der Waals surface area contributed by atoms with E-state index < -0.39 is 10.0 Å².